The number of pyridine rings is 1. The fourth-order valence-corrected chi connectivity index (χ4v) is 0.999. The lowest BCUT2D eigenvalue weighted by Gasteiger charge is -2.07. The van der Waals surface area contributed by atoms with Crippen molar-refractivity contribution in [1.82, 2.24) is 4.98 Å². The van der Waals surface area contributed by atoms with Crippen molar-refractivity contribution in [3.8, 4) is 0 Å². The van der Waals surface area contributed by atoms with Crippen LogP contribution in [0.5, 0.6) is 0 Å². The molecule has 0 aliphatic rings. The summed E-state index contributed by atoms with van der Waals surface area (Å²) in [5.74, 6) is 0. The molecule has 1 atom stereocenters. The van der Waals surface area contributed by atoms with E-state index in [1.165, 1.54) is 0 Å². The van der Waals surface area contributed by atoms with Gasteiger partial charge in [0.25, 0.3) is 0 Å². The standard InChI is InChI=1S/C10H14N2/c1-3-4-9(11)10-6-5-8(2)7-12-10/h3,5-7,9H,1,4,11H2,2H3. The molecule has 0 saturated carbocycles. The second kappa shape index (κ2) is 4.02. The van der Waals surface area contributed by atoms with E-state index >= 15 is 0 Å². The van der Waals surface area contributed by atoms with Crippen LogP contribution < -0.4 is 5.73 Å². The SMILES string of the molecule is C=CCC(N)c1ccc(C)cn1. The number of aromatic nitrogens is 1. The first-order valence-electron chi connectivity index (χ1n) is 4.03. The van der Waals surface area contributed by atoms with Gasteiger partial charge in [-0.15, -0.1) is 6.58 Å². The molecule has 1 heterocycles. The number of rotatable bonds is 3. The van der Waals surface area contributed by atoms with Gasteiger partial charge in [-0.25, -0.2) is 0 Å². The molecule has 2 heteroatoms. The Morgan fingerprint density at radius 2 is 2.42 bits per heavy atom. The van der Waals surface area contributed by atoms with E-state index in [1.54, 1.807) is 0 Å². The van der Waals surface area contributed by atoms with Crippen LogP contribution in [-0.4, -0.2) is 4.98 Å². The third-order valence-electron chi connectivity index (χ3n) is 1.73. The molecule has 0 bridgehead atoms. The van der Waals surface area contributed by atoms with Crippen molar-refractivity contribution >= 4 is 0 Å². The monoisotopic (exact) mass is 162 g/mol. The molecule has 1 aromatic heterocycles. The topological polar surface area (TPSA) is 38.9 Å². The summed E-state index contributed by atoms with van der Waals surface area (Å²) < 4.78 is 0. The summed E-state index contributed by atoms with van der Waals surface area (Å²) in [6.45, 7) is 5.65. The Balaban J connectivity index is 2.74. The molecule has 0 amide bonds. The van der Waals surface area contributed by atoms with Gasteiger partial charge in [0.1, 0.15) is 0 Å². The third-order valence-corrected chi connectivity index (χ3v) is 1.73. The zero-order chi connectivity index (χ0) is 8.97. The van der Waals surface area contributed by atoms with Crippen LogP contribution in [-0.2, 0) is 0 Å². The maximum absolute atomic E-state index is 5.82. The molecule has 2 nitrogen and oxygen atoms in total. The fraction of sp³-hybridized carbons (Fsp3) is 0.300. The highest BCUT2D eigenvalue weighted by atomic mass is 14.8. The lowest BCUT2D eigenvalue weighted by Crippen LogP contribution is -2.10. The molecule has 0 spiro atoms. The molecule has 0 aromatic carbocycles. The Morgan fingerprint density at radius 1 is 1.67 bits per heavy atom. The quantitative estimate of drug-likeness (QED) is 0.690. The van der Waals surface area contributed by atoms with Gasteiger partial charge in [-0.3, -0.25) is 4.98 Å². The van der Waals surface area contributed by atoms with Crippen molar-refractivity contribution in [1.29, 1.82) is 0 Å². The maximum atomic E-state index is 5.82. The number of nitrogens with zero attached hydrogens (tertiary/aromatic N) is 1. The molecule has 64 valence electrons. The Labute approximate surface area is 73.1 Å². The highest BCUT2D eigenvalue weighted by molar-refractivity contribution is 5.15. The van der Waals surface area contributed by atoms with E-state index in [2.05, 4.69) is 11.6 Å². The van der Waals surface area contributed by atoms with E-state index in [0.29, 0.717) is 0 Å². The number of nitrogens with two attached hydrogens (primary N) is 1. The van der Waals surface area contributed by atoms with Gasteiger partial charge in [-0.2, -0.15) is 0 Å². The lowest BCUT2D eigenvalue weighted by atomic mass is 10.1. The summed E-state index contributed by atoms with van der Waals surface area (Å²) in [6, 6.07) is 3.97. The molecule has 0 aliphatic heterocycles. The number of hydrogen-bond acceptors (Lipinski definition) is 2. The van der Waals surface area contributed by atoms with Crippen molar-refractivity contribution in [3.05, 3.63) is 42.2 Å². The van der Waals surface area contributed by atoms with Crippen LogP contribution in [0, 0.1) is 6.92 Å². The average Bonchev–Trinajstić information content (AvgIpc) is 2.06. The molecule has 1 rings (SSSR count). The van der Waals surface area contributed by atoms with E-state index in [0.717, 1.165) is 17.7 Å². The predicted molar refractivity (Wildman–Crippen MR) is 50.7 cm³/mol. The summed E-state index contributed by atoms with van der Waals surface area (Å²) in [5, 5.41) is 0. The van der Waals surface area contributed by atoms with Gasteiger partial charge in [0, 0.05) is 6.20 Å². The van der Waals surface area contributed by atoms with E-state index in [4.69, 9.17) is 5.73 Å². The first kappa shape index (κ1) is 8.94. The highest BCUT2D eigenvalue weighted by Gasteiger charge is 2.03. The van der Waals surface area contributed by atoms with Gasteiger partial charge in [0.05, 0.1) is 11.7 Å². The van der Waals surface area contributed by atoms with Crippen LogP contribution in [0.3, 0.4) is 0 Å². The van der Waals surface area contributed by atoms with Crippen molar-refractivity contribution in [3.63, 3.8) is 0 Å². The summed E-state index contributed by atoms with van der Waals surface area (Å²) in [5.41, 5.74) is 7.91. The molecule has 0 fully saturated rings. The largest absolute Gasteiger partial charge is 0.322 e. The molecule has 0 radical (unpaired) electrons. The molecular formula is C10H14N2. The zero-order valence-corrected chi connectivity index (χ0v) is 7.33. The first-order valence-corrected chi connectivity index (χ1v) is 4.03. The predicted octanol–water partition coefficient (Wildman–Crippen LogP) is 1.97. The molecule has 1 aromatic rings. The van der Waals surface area contributed by atoms with Crippen LogP contribution in [0.25, 0.3) is 0 Å². The molecule has 0 saturated heterocycles. The van der Waals surface area contributed by atoms with E-state index < -0.39 is 0 Å². The molecule has 2 N–H and O–H groups in total. The second-order valence-corrected chi connectivity index (χ2v) is 2.89. The van der Waals surface area contributed by atoms with Crippen LogP contribution in [0.1, 0.15) is 23.7 Å². The number of aryl methyl sites for hydroxylation is 1. The van der Waals surface area contributed by atoms with Gasteiger partial charge >= 0.3 is 0 Å². The molecular weight excluding hydrogens is 148 g/mol. The highest BCUT2D eigenvalue weighted by Crippen LogP contribution is 2.11. The average molecular weight is 162 g/mol. The summed E-state index contributed by atoms with van der Waals surface area (Å²) in [7, 11) is 0. The Kier molecular flexibility index (Phi) is 3.00. The summed E-state index contributed by atoms with van der Waals surface area (Å²) in [4.78, 5) is 4.22. The Morgan fingerprint density at radius 3 is 2.92 bits per heavy atom. The number of hydrogen-bond donors (Lipinski definition) is 1. The van der Waals surface area contributed by atoms with Gasteiger partial charge in [-0.05, 0) is 25.0 Å². The lowest BCUT2D eigenvalue weighted by molar-refractivity contribution is 0.713. The first-order chi connectivity index (χ1) is 5.74. The zero-order valence-electron chi connectivity index (χ0n) is 7.33. The maximum Gasteiger partial charge on any atom is 0.0574 e. The summed E-state index contributed by atoms with van der Waals surface area (Å²) in [6.07, 6.45) is 4.42. The van der Waals surface area contributed by atoms with Crippen molar-refractivity contribution in [2.45, 2.75) is 19.4 Å². The van der Waals surface area contributed by atoms with Crippen LogP contribution in [0.15, 0.2) is 31.0 Å². The summed E-state index contributed by atoms with van der Waals surface area (Å²) >= 11 is 0. The minimum atomic E-state index is -0.0110. The minimum absolute atomic E-state index is 0.0110. The molecule has 0 aliphatic carbocycles. The third kappa shape index (κ3) is 2.17. The van der Waals surface area contributed by atoms with Gasteiger partial charge in [0.15, 0.2) is 0 Å². The normalized spacial score (nSPS) is 12.5. The van der Waals surface area contributed by atoms with Crippen LogP contribution in [0.4, 0.5) is 0 Å². The van der Waals surface area contributed by atoms with E-state index in [-0.39, 0.29) is 6.04 Å². The Hall–Kier alpha value is -1.15. The van der Waals surface area contributed by atoms with E-state index in [9.17, 15) is 0 Å². The van der Waals surface area contributed by atoms with Gasteiger partial charge in [0.2, 0.25) is 0 Å². The minimum Gasteiger partial charge on any atom is -0.322 e. The Bertz CT molecular complexity index is 251. The fourth-order valence-electron chi connectivity index (χ4n) is 0.999. The van der Waals surface area contributed by atoms with E-state index in [1.807, 2.05) is 31.3 Å². The van der Waals surface area contributed by atoms with Crippen molar-refractivity contribution in [2.24, 2.45) is 5.73 Å². The molecule has 1 unspecified atom stereocenters. The van der Waals surface area contributed by atoms with Gasteiger partial charge < -0.3 is 5.73 Å². The van der Waals surface area contributed by atoms with Crippen molar-refractivity contribution in [2.75, 3.05) is 0 Å². The van der Waals surface area contributed by atoms with Crippen LogP contribution >= 0.6 is 0 Å². The van der Waals surface area contributed by atoms with Crippen LogP contribution in [0.2, 0.25) is 0 Å². The van der Waals surface area contributed by atoms with Crippen molar-refractivity contribution < 1.29 is 0 Å². The second-order valence-electron chi connectivity index (χ2n) is 2.89. The molecule has 12 heavy (non-hydrogen) atoms. The van der Waals surface area contributed by atoms with Gasteiger partial charge in [-0.1, -0.05) is 12.1 Å². The smallest absolute Gasteiger partial charge is 0.0574 e.